The predicted octanol–water partition coefficient (Wildman–Crippen LogP) is 6.26. The molecule has 0 aliphatic rings. The molecule has 154 valence electrons. The first-order valence-corrected chi connectivity index (χ1v) is 9.44. The molecule has 0 fully saturated rings. The molecule has 4 aromatic rings. The first kappa shape index (κ1) is 20.4. The largest absolute Gasteiger partial charge is 0.492 e. The smallest absolute Gasteiger partial charge is 0.195 e. The number of hydrogen-bond acceptors (Lipinski definition) is 2. The molecule has 0 aliphatic carbocycles. The van der Waals surface area contributed by atoms with E-state index in [0.29, 0.717) is 29.2 Å². The number of hydrogen-bond donors (Lipinski definition) is 0. The third-order valence-electron chi connectivity index (χ3n) is 4.63. The number of nitrogens with zero attached hydrogens (tertiary/aromatic N) is 1. The van der Waals surface area contributed by atoms with Gasteiger partial charge in [0, 0.05) is 16.5 Å². The zero-order valence-electron chi connectivity index (χ0n) is 16.3. The maximum Gasteiger partial charge on any atom is 0.195 e. The molecule has 1 heterocycles. The van der Waals surface area contributed by atoms with E-state index in [1.165, 1.54) is 30.3 Å². The van der Waals surface area contributed by atoms with Crippen LogP contribution in [0, 0.1) is 35.1 Å². The molecule has 0 spiro atoms. The topological polar surface area (TPSA) is 22.1 Å². The zero-order chi connectivity index (χ0) is 22.0. The average Bonchev–Trinajstić information content (AvgIpc) is 2.77. The minimum Gasteiger partial charge on any atom is -0.492 e. The molecule has 3 aromatic carbocycles. The van der Waals surface area contributed by atoms with Gasteiger partial charge < -0.3 is 4.74 Å². The highest BCUT2D eigenvalue weighted by molar-refractivity contribution is 5.84. The van der Waals surface area contributed by atoms with Crippen molar-refractivity contribution < 1.29 is 22.3 Å². The molecular weight excluding hydrogens is 406 g/mol. The van der Waals surface area contributed by atoms with Gasteiger partial charge in [-0.1, -0.05) is 24.0 Å². The Balaban J connectivity index is 1.61. The lowest BCUT2D eigenvalue weighted by atomic mass is 10.0. The minimum absolute atomic E-state index is 0.0529. The summed E-state index contributed by atoms with van der Waals surface area (Å²) in [6.45, 7) is 2.40. The summed E-state index contributed by atoms with van der Waals surface area (Å²) in [4.78, 5) is 4.27. The van der Waals surface area contributed by atoms with Gasteiger partial charge in [-0.2, -0.15) is 0 Å². The van der Waals surface area contributed by atoms with Crippen molar-refractivity contribution in [3.8, 4) is 28.8 Å². The van der Waals surface area contributed by atoms with Gasteiger partial charge in [-0.05, 0) is 54.8 Å². The van der Waals surface area contributed by atoms with Gasteiger partial charge in [0.25, 0.3) is 0 Å². The van der Waals surface area contributed by atoms with Gasteiger partial charge in [-0.25, -0.2) is 17.6 Å². The number of benzene rings is 3. The lowest BCUT2D eigenvalue weighted by Crippen LogP contribution is -1.93. The van der Waals surface area contributed by atoms with Crippen molar-refractivity contribution in [3.63, 3.8) is 0 Å². The molecule has 31 heavy (non-hydrogen) atoms. The first-order chi connectivity index (χ1) is 15.0. The summed E-state index contributed by atoms with van der Waals surface area (Å²) >= 11 is 0. The Labute approximate surface area is 176 Å². The number of ether oxygens (including phenoxy) is 1. The molecular formula is C25H15F4NO. The highest BCUT2D eigenvalue weighted by atomic mass is 19.2. The molecule has 0 radical (unpaired) electrons. The van der Waals surface area contributed by atoms with Crippen LogP contribution in [-0.4, -0.2) is 11.6 Å². The third-order valence-corrected chi connectivity index (χ3v) is 4.63. The quantitative estimate of drug-likeness (QED) is 0.221. The Kier molecular flexibility index (Phi) is 5.59. The Hall–Kier alpha value is -3.85. The van der Waals surface area contributed by atoms with Crippen LogP contribution < -0.4 is 4.74 Å². The van der Waals surface area contributed by atoms with E-state index in [-0.39, 0.29) is 16.3 Å². The minimum atomic E-state index is -1.52. The first-order valence-electron chi connectivity index (χ1n) is 9.44. The van der Waals surface area contributed by atoms with Crippen molar-refractivity contribution in [2.75, 3.05) is 6.61 Å². The van der Waals surface area contributed by atoms with E-state index in [4.69, 9.17) is 4.74 Å². The van der Waals surface area contributed by atoms with Crippen LogP contribution in [0.15, 0.2) is 60.8 Å². The van der Waals surface area contributed by atoms with E-state index in [2.05, 4.69) is 16.8 Å². The molecule has 1 aromatic heterocycles. The number of fused-ring (bicyclic) bond motifs is 1. The number of aromatic nitrogens is 1. The normalized spacial score (nSPS) is 10.6. The fraction of sp³-hybridized carbons (Fsp3) is 0.0800. The maximum atomic E-state index is 14.5. The molecule has 0 bridgehead atoms. The molecule has 0 unspecified atom stereocenters. The highest BCUT2D eigenvalue weighted by Crippen LogP contribution is 2.24. The van der Waals surface area contributed by atoms with E-state index in [9.17, 15) is 17.6 Å². The second kappa shape index (κ2) is 8.49. The maximum absolute atomic E-state index is 14.5. The molecule has 0 aliphatic heterocycles. The van der Waals surface area contributed by atoms with Gasteiger partial charge >= 0.3 is 0 Å². The summed E-state index contributed by atoms with van der Waals surface area (Å²) in [5.41, 5.74) is 1.75. The number of halogens is 4. The molecule has 0 atom stereocenters. The lowest BCUT2D eigenvalue weighted by molar-refractivity contribution is 0.339. The molecule has 0 saturated heterocycles. The van der Waals surface area contributed by atoms with Crippen molar-refractivity contribution in [1.29, 1.82) is 0 Å². The third kappa shape index (κ3) is 4.22. The van der Waals surface area contributed by atoms with Gasteiger partial charge in [0.15, 0.2) is 17.5 Å². The van der Waals surface area contributed by atoms with Gasteiger partial charge in [0.2, 0.25) is 0 Å². The van der Waals surface area contributed by atoms with Crippen LogP contribution in [0.4, 0.5) is 17.6 Å². The van der Waals surface area contributed by atoms with Crippen LogP contribution in [0.25, 0.3) is 22.0 Å². The highest BCUT2D eigenvalue weighted by Gasteiger charge is 2.13. The Bertz CT molecular complexity index is 1340. The van der Waals surface area contributed by atoms with E-state index < -0.39 is 23.3 Å². The van der Waals surface area contributed by atoms with Crippen molar-refractivity contribution >= 4 is 10.8 Å². The van der Waals surface area contributed by atoms with E-state index in [1.54, 1.807) is 24.4 Å². The van der Waals surface area contributed by atoms with Gasteiger partial charge in [0.05, 0.1) is 24.1 Å². The van der Waals surface area contributed by atoms with Crippen LogP contribution in [0.3, 0.4) is 0 Å². The monoisotopic (exact) mass is 421 g/mol. The van der Waals surface area contributed by atoms with Crippen molar-refractivity contribution in [2.45, 2.75) is 6.92 Å². The molecule has 0 amide bonds. The molecule has 4 rings (SSSR count). The Morgan fingerprint density at radius 2 is 1.68 bits per heavy atom. The van der Waals surface area contributed by atoms with Crippen LogP contribution in [-0.2, 0) is 0 Å². The molecule has 6 heteroatoms. The second-order valence-corrected chi connectivity index (χ2v) is 6.68. The zero-order valence-corrected chi connectivity index (χ0v) is 16.3. The van der Waals surface area contributed by atoms with Crippen LogP contribution >= 0.6 is 0 Å². The molecule has 2 nitrogen and oxygen atoms in total. The summed E-state index contributed by atoms with van der Waals surface area (Å²) in [6, 6.07) is 13.2. The molecule has 0 saturated carbocycles. The fourth-order valence-corrected chi connectivity index (χ4v) is 3.10. The number of rotatable bonds is 3. The van der Waals surface area contributed by atoms with E-state index >= 15 is 0 Å². The fourth-order valence-electron chi connectivity index (χ4n) is 3.10. The average molecular weight is 421 g/mol. The van der Waals surface area contributed by atoms with Crippen molar-refractivity contribution in [3.05, 3.63) is 95.2 Å². The Morgan fingerprint density at radius 3 is 2.39 bits per heavy atom. The summed E-state index contributed by atoms with van der Waals surface area (Å²) < 4.78 is 60.5. The van der Waals surface area contributed by atoms with Crippen LogP contribution in [0.2, 0.25) is 0 Å². The van der Waals surface area contributed by atoms with Gasteiger partial charge in [-0.15, -0.1) is 0 Å². The summed E-state index contributed by atoms with van der Waals surface area (Å²) in [5, 5.41) is 0.114. The van der Waals surface area contributed by atoms with Gasteiger partial charge in [-0.3, -0.25) is 4.98 Å². The SMILES string of the molecule is CCOc1ccc(-c2ccc(C#Cc3ccc4c(F)c(F)c(F)cc4c3)c(F)c2)nc1. The lowest BCUT2D eigenvalue weighted by Gasteiger charge is -2.05. The predicted molar refractivity (Wildman–Crippen MR) is 111 cm³/mol. The van der Waals surface area contributed by atoms with Crippen LogP contribution in [0.1, 0.15) is 18.1 Å². The van der Waals surface area contributed by atoms with Crippen molar-refractivity contribution in [2.24, 2.45) is 0 Å². The van der Waals surface area contributed by atoms with Crippen LogP contribution in [0.5, 0.6) is 5.75 Å². The summed E-state index contributed by atoms with van der Waals surface area (Å²) in [6.07, 6.45) is 1.57. The van der Waals surface area contributed by atoms with E-state index in [1.807, 2.05) is 6.92 Å². The summed E-state index contributed by atoms with van der Waals surface area (Å²) in [5.74, 6) is 1.54. The number of pyridine rings is 1. The second-order valence-electron chi connectivity index (χ2n) is 6.68. The Morgan fingerprint density at radius 1 is 0.839 bits per heavy atom. The summed E-state index contributed by atoms with van der Waals surface area (Å²) in [7, 11) is 0. The van der Waals surface area contributed by atoms with E-state index in [0.717, 1.165) is 6.07 Å². The van der Waals surface area contributed by atoms with Crippen molar-refractivity contribution in [1.82, 2.24) is 4.98 Å². The standard InChI is InChI=1S/C25H15F4NO/c1-2-31-19-8-10-23(30-14-19)17-7-6-16(21(26)12-17)5-3-15-4-9-20-18(11-15)13-22(27)25(29)24(20)28/h4,6-14H,2H2,1H3. The van der Waals surface area contributed by atoms with Gasteiger partial charge in [0.1, 0.15) is 11.6 Å². The molecule has 0 N–H and O–H groups in total.